The molecule has 27 heavy (non-hydrogen) atoms. The average molecular weight is 365 g/mol. The summed E-state index contributed by atoms with van der Waals surface area (Å²) in [6, 6.07) is 9.74. The lowest BCUT2D eigenvalue weighted by Crippen LogP contribution is -2.43. The molecule has 6 nitrogen and oxygen atoms in total. The van der Waals surface area contributed by atoms with Crippen LogP contribution in [0.15, 0.2) is 30.5 Å². The Morgan fingerprint density at radius 2 is 1.70 bits per heavy atom. The van der Waals surface area contributed by atoms with Crippen LogP contribution < -0.4 is 0 Å². The van der Waals surface area contributed by atoms with Gasteiger partial charge in [-0.2, -0.15) is 0 Å². The number of rotatable bonds is 3. The van der Waals surface area contributed by atoms with Crippen molar-refractivity contribution >= 4 is 5.91 Å². The minimum Gasteiger partial charge on any atom is -0.337 e. The molecule has 1 amide bonds. The van der Waals surface area contributed by atoms with Gasteiger partial charge in [0.2, 0.25) is 0 Å². The number of hydrogen-bond donors (Lipinski definition) is 0. The van der Waals surface area contributed by atoms with E-state index in [4.69, 9.17) is 0 Å². The zero-order chi connectivity index (χ0) is 18.2. The maximum absolute atomic E-state index is 12.5. The monoisotopic (exact) mass is 365 g/mol. The van der Waals surface area contributed by atoms with E-state index in [1.807, 2.05) is 15.8 Å². The van der Waals surface area contributed by atoms with Crippen LogP contribution in [0.1, 0.15) is 53.3 Å². The Morgan fingerprint density at radius 1 is 0.963 bits per heavy atom. The molecular weight excluding hydrogens is 338 g/mol. The second-order valence-electron chi connectivity index (χ2n) is 8.20. The lowest BCUT2D eigenvalue weighted by Gasteiger charge is -2.36. The van der Waals surface area contributed by atoms with Crippen LogP contribution in [0, 0.1) is 0 Å². The Hall–Kier alpha value is -2.21. The molecule has 142 valence electrons. The van der Waals surface area contributed by atoms with Gasteiger partial charge in [-0.05, 0) is 56.2 Å². The quantitative estimate of drug-likeness (QED) is 0.838. The Balaban J connectivity index is 1.26. The van der Waals surface area contributed by atoms with Crippen LogP contribution in [-0.4, -0.2) is 62.9 Å². The van der Waals surface area contributed by atoms with Crippen LogP contribution in [0.2, 0.25) is 0 Å². The standard InChI is InChI=1S/C21H27N5O/c27-21(24-9-3-4-10-24)20-15-26(23-22-20)18-8-5-11-25(14-18)19-12-16-6-1-2-7-17(16)13-19/h1-2,6-7,15,18-19H,3-5,8-14H2. The highest BCUT2D eigenvalue weighted by molar-refractivity contribution is 5.92. The van der Waals surface area contributed by atoms with E-state index < -0.39 is 0 Å². The Kier molecular flexibility index (Phi) is 4.44. The smallest absolute Gasteiger partial charge is 0.276 e. The zero-order valence-corrected chi connectivity index (χ0v) is 15.8. The summed E-state index contributed by atoms with van der Waals surface area (Å²) in [5, 5.41) is 8.52. The van der Waals surface area contributed by atoms with E-state index in [-0.39, 0.29) is 5.91 Å². The van der Waals surface area contributed by atoms with E-state index in [1.54, 1.807) is 0 Å². The summed E-state index contributed by atoms with van der Waals surface area (Å²) in [6.07, 6.45) is 8.65. The molecule has 0 radical (unpaired) electrons. The molecule has 1 aromatic carbocycles. The van der Waals surface area contributed by atoms with Gasteiger partial charge in [-0.15, -0.1) is 5.10 Å². The highest BCUT2D eigenvalue weighted by Gasteiger charge is 2.32. The molecule has 2 aliphatic heterocycles. The number of carbonyl (C=O) groups is 1. The first-order valence-corrected chi connectivity index (χ1v) is 10.3. The molecule has 0 N–H and O–H groups in total. The summed E-state index contributed by atoms with van der Waals surface area (Å²) in [6.45, 7) is 3.86. The van der Waals surface area contributed by atoms with Gasteiger partial charge >= 0.3 is 0 Å². The molecule has 0 bridgehead atoms. The maximum atomic E-state index is 12.5. The van der Waals surface area contributed by atoms with Crippen molar-refractivity contribution in [2.75, 3.05) is 26.2 Å². The summed E-state index contributed by atoms with van der Waals surface area (Å²) in [7, 11) is 0. The lowest BCUT2D eigenvalue weighted by molar-refractivity contribution is 0.0786. The summed E-state index contributed by atoms with van der Waals surface area (Å²) in [5.41, 5.74) is 3.51. The first-order valence-electron chi connectivity index (χ1n) is 10.3. The molecule has 2 saturated heterocycles. The second-order valence-corrected chi connectivity index (χ2v) is 8.20. The van der Waals surface area contributed by atoms with Gasteiger partial charge < -0.3 is 4.90 Å². The Bertz CT molecular complexity index is 800. The molecule has 1 aromatic heterocycles. The molecule has 3 aliphatic rings. The zero-order valence-electron chi connectivity index (χ0n) is 15.8. The van der Waals surface area contributed by atoms with E-state index in [1.165, 1.54) is 17.5 Å². The van der Waals surface area contributed by atoms with Gasteiger partial charge in [0, 0.05) is 25.7 Å². The van der Waals surface area contributed by atoms with Crippen LogP contribution in [-0.2, 0) is 12.8 Å². The van der Waals surface area contributed by atoms with Crippen molar-refractivity contribution in [1.82, 2.24) is 24.8 Å². The van der Waals surface area contributed by atoms with Crippen molar-refractivity contribution in [3.8, 4) is 0 Å². The number of likely N-dealkylation sites (tertiary alicyclic amines) is 2. The van der Waals surface area contributed by atoms with Crippen molar-refractivity contribution < 1.29 is 4.79 Å². The van der Waals surface area contributed by atoms with Crippen molar-refractivity contribution in [2.24, 2.45) is 0 Å². The number of aromatic nitrogens is 3. The van der Waals surface area contributed by atoms with Gasteiger partial charge in [0.1, 0.15) is 0 Å². The van der Waals surface area contributed by atoms with E-state index in [0.29, 0.717) is 17.8 Å². The van der Waals surface area contributed by atoms with Gasteiger partial charge in [-0.25, -0.2) is 4.68 Å². The fraction of sp³-hybridized carbons (Fsp3) is 0.571. The van der Waals surface area contributed by atoms with Crippen molar-refractivity contribution in [1.29, 1.82) is 0 Å². The normalized spacial score (nSPS) is 23.7. The first kappa shape index (κ1) is 16.9. The largest absolute Gasteiger partial charge is 0.337 e. The average Bonchev–Trinajstić information content (AvgIpc) is 3.48. The third kappa shape index (κ3) is 3.27. The van der Waals surface area contributed by atoms with Crippen molar-refractivity contribution in [3.05, 3.63) is 47.3 Å². The van der Waals surface area contributed by atoms with E-state index in [0.717, 1.165) is 58.3 Å². The number of benzene rings is 1. The summed E-state index contributed by atoms with van der Waals surface area (Å²) >= 11 is 0. The molecule has 6 heteroatoms. The third-order valence-electron chi connectivity index (χ3n) is 6.47. The minimum atomic E-state index is 0.0395. The number of piperidine rings is 1. The molecule has 1 atom stereocenters. The number of amides is 1. The van der Waals surface area contributed by atoms with Gasteiger partial charge in [-0.3, -0.25) is 9.69 Å². The van der Waals surface area contributed by atoms with Crippen LogP contribution in [0.3, 0.4) is 0 Å². The highest BCUT2D eigenvalue weighted by Crippen LogP contribution is 2.30. The molecule has 0 saturated carbocycles. The van der Waals surface area contributed by atoms with E-state index >= 15 is 0 Å². The molecular formula is C21H27N5O. The van der Waals surface area contributed by atoms with Gasteiger partial charge in [-0.1, -0.05) is 29.5 Å². The molecule has 2 fully saturated rings. The number of fused-ring (bicyclic) bond motifs is 1. The molecule has 2 aromatic rings. The predicted octanol–water partition coefficient (Wildman–Crippen LogP) is 2.32. The molecule has 1 unspecified atom stereocenters. The highest BCUT2D eigenvalue weighted by atomic mass is 16.2. The summed E-state index contributed by atoms with van der Waals surface area (Å²) in [4.78, 5) is 17.1. The van der Waals surface area contributed by atoms with Gasteiger partial charge in [0.05, 0.1) is 12.2 Å². The van der Waals surface area contributed by atoms with Crippen molar-refractivity contribution in [2.45, 2.75) is 50.6 Å². The second kappa shape index (κ2) is 7.08. The van der Waals surface area contributed by atoms with E-state index in [9.17, 15) is 4.79 Å². The number of hydrogen-bond acceptors (Lipinski definition) is 4. The van der Waals surface area contributed by atoms with Crippen LogP contribution in [0.5, 0.6) is 0 Å². The molecule has 5 rings (SSSR count). The summed E-state index contributed by atoms with van der Waals surface area (Å²) < 4.78 is 1.94. The van der Waals surface area contributed by atoms with Crippen LogP contribution in [0.25, 0.3) is 0 Å². The fourth-order valence-electron chi connectivity index (χ4n) is 4.96. The topological polar surface area (TPSA) is 54.3 Å². The first-order chi connectivity index (χ1) is 13.3. The summed E-state index contributed by atoms with van der Waals surface area (Å²) in [5.74, 6) is 0.0395. The minimum absolute atomic E-state index is 0.0395. The fourth-order valence-corrected chi connectivity index (χ4v) is 4.96. The molecule has 1 aliphatic carbocycles. The lowest BCUT2D eigenvalue weighted by atomic mass is 10.0. The number of carbonyl (C=O) groups excluding carboxylic acids is 1. The van der Waals surface area contributed by atoms with Crippen molar-refractivity contribution in [3.63, 3.8) is 0 Å². The SMILES string of the molecule is O=C(c1cn(C2CCCN(C3Cc4ccccc4C3)C2)nn1)N1CCCC1. The third-order valence-corrected chi connectivity index (χ3v) is 6.47. The predicted molar refractivity (Wildman–Crippen MR) is 103 cm³/mol. The Morgan fingerprint density at radius 3 is 2.44 bits per heavy atom. The number of nitrogens with zero attached hydrogens (tertiary/aromatic N) is 5. The van der Waals surface area contributed by atoms with Crippen LogP contribution >= 0.6 is 0 Å². The molecule has 0 spiro atoms. The molecule has 3 heterocycles. The van der Waals surface area contributed by atoms with E-state index in [2.05, 4.69) is 39.5 Å². The van der Waals surface area contributed by atoms with Gasteiger partial charge in [0.15, 0.2) is 5.69 Å². The van der Waals surface area contributed by atoms with Gasteiger partial charge in [0.25, 0.3) is 5.91 Å². The Labute approximate surface area is 160 Å². The van der Waals surface area contributed by atoms with Crippen LogP contribution in [0.4, 0.5) is 0 Å². The maximum Gasteiger partial charge on any atom is 0.276 e.